The van der Waals surface area contributed by atoms with Crippen LogP contribution >= 0.6 is 11.3 Å². The Morgan fingerprint density at radius 2 is 2.21 bits per heavy atom. The molecule has 0 fully saturated rings. The maximum Gasteiger partial charge on any atom is 0.252 e. The fourth-order valence-electron chi connectivity index (χ4n) is 2.18. The molecule has 1 aliphatic carbocycles. The molecule has 0 saturated heterocycles. The molecule has 0 aromatic carbocycles. The Morgan fingerprint density at radius 3 is 3.00 bits per heavy atom. The van der Waals surface area contributed by atoms with Gasteiger partial charge in [0.2, 0.25) is 0 Å². The van der Waals surface area contributed by atoms with Crippen molar-refractivity contribution in [3.8, 4) is 0 Å². The molecule has 0 aliphatic heterocycles. The molecule has 0 unspecified atom stereocenters. The van der Waals surface area contributed by atoms with Gasteiger partial charge in [-0.3, -0.25) is 10.1 Å². The van der Waals surface area contributed by atoms with E-state index in [1.165, 1.54) is 29.8 Å². The van der Waals surface area contributed by atoms with Crippen molar-refractivity contribution in [3.63, 3.8) is 0 Å². The van der Waals surface area contributed by atoms with E-state index < -0.39 is 0 Å². The highest BCUT2D eigenvalue weighted by Gasteiger charge is 2.16. The SMILES string of the molecule is CCCCCOCC(=O)Nc1nc2c(s1)CCCC2. The Labute approximate surface area is 118 Å². The van der Waals surface area contributed by atoms with Crippen molar-refractivity contribution < 1.29 is 9.53 Å². The van der Waals surface area contributed by atoms with Gasteiger partial charge in [0, 0.05) is 11.5 Å². The molecule has 19 heavy (non-hydrogen) atoms. The normalized spacial score (nSPS) is 14.2. The highest BCUT2D eigenvalue weighted by molar-refractivity contribution is 7.15. The summed E-state index contributed by atoms with van der Waals surface area (Å²) in [5.74, 6) is -0.0948. The van der Waals surface area contributed by atoms with Crippen LogP contribution in [0.5, 0.6) is 0 Å². The molecule has 0 atom stereocenters. The zero-order chi connectivity index (χ0) is 13.5. The lowest BCUT2D eigenvalue weighted by molar-refractivity contribution is -0.120. The number of hydrogen-bond acceptors (Lipinski definition) is 4. The first-order chi connectivity index (χ1) is 9.29. The number of carbonyl (C=O) groups excluding carboxylic acids is 1. The standard InChI is InChI=1S/C14H22N2O2S/c1-2-3-6-9-18-10-13(17)16-14-15-11-7-4-5-8-12(11)19-14/h2-10H2,1H3,(H,15,16,17). The number of rotatable bonds is 7. The predicted molar refractivity (Wildman–Crippen MR) is 77.7 cm³/mol. The third-order valence-electron chi connectivity index (χ3n) is 3.22. The van der Waals surface area contributed by atoms with Crippen LogP contribution < -0.4 is 5.32 Å². The van der Waals surface area contributed by atoms with Crippen molar-refractivity contribution in [2.24, 2.45) is 0 Å². The van der Waals surface area contributed by atoms with Gasteiger partial charge in [-0.15, -0.1) is 11.3 Å². The molecule has 1 aromatic rings. The number of anilines is 1. The summed E-state index contributed by atoms with van der Waals surface area (Å²) >= 11 is 1.61. The fourth-order valence-corrected chi connectivity index (χ4v) is 3.25. The first-order valence-electron chi connectivity index (χ1n) is 7.15. The average Bonchev–Trinajstić information content (AvgIpc) is 2.80. The third kappa shape index (κ3) is 4.58. The number of fused-ring (bicyclic) bond motifs is 1. The zero-order valence-corrected chi connectivity index (χ0v) is 12.4. The van der Waals surface area contributed by atoms with Gasteiger partial charge in [0.15, 0.2) is 5.13 Å². The summed E-state index contributed by atoms with van der Waals surface area (Å²) in [4.78, 5) is 17.5. The Morgan fingerprint density at radius 1 is 1.37 bits per heavy atom. The second-order valence-electron chi connectivity index (χ2n) is 4.90. The monoisotopic (exact) mass is 282 g/mol. The molecule has 0 bridgehead atoms. The van der Waals surface area contributed by atoms with Gasteiger partial charge in [-0.1, -0.05) is 19.8 Å². The number of unbranched alkanes of at least 4 members (excludes halogenated alkanes) is 2. The van der Waals surface area contributed by atoms with Gasteiger partial charge in [-0.2, -0.15) is 0 Å². The van der Waals surface area contributed by atoms with Crippen LogP contribution in [0.4, 0.5) is 5.13 Å². The molecular weight excluding hydrogens is 260 g/mol. The Kier molecular flexibility index (Phi) is 5.79. The Bertz CT molecular complexity index is 394. The average molecular weight is 282 g/mol. The Balaban J connectivity index is 1.71. The van der Waals surface area contributed by atoms with Crippen molar-refractivity contribution in [3.05, 3.63) is 10.6 Å². The van der Waals surface area contributed by atoms with E-state index in [-0.39, 0.29) is 12.5 Å². The Hall–Kier alpha value is -0.940. The van der Waals surface area contributed by atoms with Gasteiger partial charge >= 0.3 is 0 Å². The van der Waals surface area contributed by atoms with Crippen LogP contribution in [-0.4, -0.2) is 24.1 Å². The zero-order valence-electron chi connectivity index (χ0n) is 11.5. The van der Waals surface area contributed by atoms with E-state index in [9.17, 15) is 4.79 Å². The minimum absolute atomic E-state index is 0.0948. The maximum atomic E-state index is 11.7. The lowest BCUT2D eigenvalue weighted by Crippen LogP contribution is -2.18. The summed E-state index contributed by atoms with van der Waals surface area (Å²) in [5, 5.41) is 3.56. The molecule has 5 heteroatoms. The lowest BCUT2D eigenvalue weighted by Gasteiger charge is -2.06. The van der Waals surface area contributed by atoms with Crippen LogP contribution in [0.1, 0.15) is 49.6 Å². The van der Waals surface area contributed by atoms with E-state index >= 15 is 0 Å². The summed E-state index contributed by atoms with van der Waals surface area (Å²) < 4.78 is 5.34. The van der Waals surface area contributed by atoms with E-state index in [4.69, 9.17) is 4.74 Å². The molecule has 0 radical (unpaired) electrons. The molecule has 1 aromatic heterocycles. The van der Waals surface area contributed by atoms with Gasteiger partial charge in [0.05, 0.1) is 5.69 Å². The summed E-state index contributed by atoms with van der Waals surface area (Å²) in [6.07, 6.45) is 7.95. The molecule has 4 nitrogen and oxygen atoms in total. The number of amides is 1. The van der Waals surface area contributed by atoms with Crippen molar-refractivity contribution in [1.82, 2.24) is 4.98 Å². The maximum absolute atomic E-state index is 11.7. The van der Waals surface area contributed by atoms with E-state index in [0.717, 1.165) is 30.8 Å². The molecule has 1 N–H and O–H groups in total. The van der Waals surface area contributed by atoms with Gasteiger partial charge in [0.25, 0.3) is 5.91 Å². The third-order valence-corrected chi connectivity index (χ3v) is 4.29. The van der Waals surface area contributed by atoms with Gasteiger partial charge in [0.1, 0.15) is 6.61 Å². The molecule has 1 aliphatic rings. The van der Waals surface area contributed by atoms with Crippen LogP contribution in [0.2, 0.25) is 0 Å². The van der Waals surface area contributed by atoms with Gasteiger partial charge in [-0.05, 0) is 32.1 Å². The summed E-state index contributed by atoms with van der Waals surface area (Å²) in [5.41, 5.74) is 1.18. The van der Waals surface area contributed by atoms with Gasteiger partial charge < -0.3 is 4.74 Å². The second-order valence-corrected chi connectivity index (χ2v) is 5.99. The highest BCUT2D eigenvalue weighted by Crippen LogP contribution is 2.29. The molecular formula is C14H22N2O2S. The number of nitrogens with zero attached hydrogens (tertiary/aromatic N) is 1. The molecule has 2 rings (SSSR count). The number of aromatic nitrogens is 1. The summed E-state index contributed by atoms with van der Waals surface area (Å²) in [6, 6.07) is 0. The van der Waals surface area contributed by atoms with Crippen molar-refractivity contribution in [1.29, 1.82) is 0 Å². The van der Waals surface area contributed by atoms with E-state index in [0.29, 0.717) is 6.61 Å². The van der Waals surface area contributed by atoms with E-state index in [2.05, 4.69) is 17.2 Å². The first-order valence-corrected chi connectivity index (χ1v) is 7.97. The largest absolute Gasteiger partial charge is 0.372 e. The number of carbonyl (C=O) groups is 1. The first kappa shape index (κ1) is 14.5. The smallest absolute Gasteiger partial charge is 0.252 e. The molecule has 1 amide bonds. The van der Waals surface area contributed by atoms with Crippen molar-refractivity contribution in [2.75, 3.05) is 18.5 Å². The number of thiazole rings is 1. The van der Waals surface area contributed by atoms with Crippen LogP contribution in [0.15, 0.2) is 0 Å². The molecule has 0 saturated carbocycles. The lowest BCUT2D eigenvalue weighted by atomic mass is 10.0. The van der Waals surface area contributed by atoms with Crippen LogP contribution in [0.25, 0.3) is 0 Å². The molecule has 1 heterocycles. The summed E-state index contributed by atoms with van der Waals surface area (Å²) in [7, 11) is 0. The quantitative estimate of drug-likeness (QED) is 0.782. The van der Waals surface area contributed by atoms with Crippen molar-refractivity contribution >= 4 is 22.4 Å². The highest BCUT2D eigenvalue weighted by atomic mass is 32.1. The van der Waals surface area contributed by atoms with Crippen molar-refractivity contribution in [2.45, 2.75) is 51.9 Å². The van der Waals surface area contributed by atoms with Crippen LogP contribution in [0, 0.1) is 0 Å². The number of nitrogens with one attached hydrogen (secondary N) is 1. The minimum atomic E-state index is -0.0948. The second kappa shape index (κ2) is 7.60. The number of aryl methyl sites for hydroxylation is 2. The number of ether oxygens (including phenoxy) is 1. The predicted octanol–water partition coefficient (Wildman–Crippen LogP) is 3.17. The van der Waals surface area contributed by atoms with E-state index in [1.54, 1.807) is 11.3 Å². The summed E-state index contributed by atoms with van der Waals surface area (Å²) in [6.45, 7) is 2.94. The molecule has 0 spiro atoms. The minimum Gasteiger partial charge on any atom is -0.372 e. The van der Waals surface area contributed by atoms with Crippen LogP contribution in [-0.2, 0) is 22.4 Å². The van der Waals surface area contributed by atoms with Gasteiger partial charge in [-0.25, -0.2) is 4.98 Å². The molecule has 106 valence electrons. The fraction of sp³-hybridized carbons (Fsp3) is 0.714. The van der Waals surface area contributed by atoms with Crippen LogP contribution in [0.3, 0.4) is 0 Å². The number of hydrogen-bond donors (Lipinski definition) is 1. The topological polar surface area (TPSA) is 51.2 Å². The van der Waals surface area contributed by atoms with E-state index in [1.807, 2.05) is 0 Å².